The normalized spacial score (nSPS) is 13.2. The predicted molar refractivity (Wildman–Crippen MR) is 125 cm³/mol. The van der Waals surface area contributed by atoms with Crippen molar-refractivity contribution in [2.24, 2.45) is 0 Å². The van der Waals surface area contributed by atoms with E-state index < -0.39 is 11.6 Å². The van der Waals surface area contributed by atoms with Crippen LogP contribution in [0.5, 0.6) is 0 Å². The Morgan fingerprint density at radius 2 is 1.87 bits per heavy atom. The second-order valence-corrected chi connectivity index (χ2v) is 8.37. The Morgan fingerprint density at radius 1 is 1.13 bits per heavy atom. The number of hydrogen-bond acceptors (Lipinski definition) is 3. The zero-order valence-electron chi connectivity index (χ0n) is 18.3. The van der Waals surface area contributed by atoms with E-state index in [0.29, 0.717) is 18.5 Å². The van der Waals surface area contributed by atoms with Crippen LogP contribution < -0.4 is 10.3 Å². The van der Waals surface area contributed by atoms with Crippen LogP contribution in [0, 0.1) is 18.6 Å². The van der Waals surface area contributed by atoms with Crippen LogP contribution in [0.15, 0.2) is 59.5 Å². The number of aromatic nitrogens is 1. The van der Waals surface area contributed by atoms with E-state index in [1.165, 1.54) is 18.0 Å². The van der Waals surface area contributed by atoms with Crippen molar-refractivity contribution in [1.29, 1.82) is 0 Å². The second kappa shape index (κ2) is 10.2. The summed E-state index contributed by atoms with van der Waals surface area (Å²) in [6.07, 6.45) is 4.39. The molecule has 0 aliphatic heterocycles. The molecule has 164 valence electrons. The smallest absolute Gasteiger partial charge is 0.254 e. The summed E-state index contributed by atoms with van der Waals surface area (Å²) >= 11 is 1.52. The maximum atomic E-state index is 14.3. The second-order valence-electron chi connectivity index (χ2n) is 7.73. The molecule has 0 saturated heterocycles. The first-order chi connectivity index (χ1) is 14.9. The minimum Gasteiger partial charge on any atom is -0.316 e. The topological polar surface area (TPSA) is 34.0 Å². The molecule has 0 aliphatic rings. The average molecular weight is 443 g/mol. The highest BCUT2D eigenvalue weighted by atomic mass is 32.2. The number of pyridine rings is 1. The van der Waals surface area contributed by atoms with Gasteiger partial charge >= 0.3 is 0 Å². The van der Waals surface area contributed by atoms with Crippen LogP contribution in [-0.2, 0) is 13.0 Å². The van der Waals surface area contributed by atoms with Gasteiger partial charge in [-0.05, 0) is 62.3 Å². The van der Waals surface area contributed by atoms with E-state index in [-0.39, 0.29) is 23.1 Å². The molecule has 0 bridgehead atoms. The van der Waals surface area contributed by atoms with Gasteiger partial charge in [0.05, 0.1) is 0 Å². The largest absolute Gasteiger partial charge is 0.316 e. The van der Waals surface area contributed by atoms with Gasteiger partial charge in [-0.25, -0.2) is 8.78 Å². The summed E-state index contributed by atoms with van der Waals surface area (Å²) in [6.45, 7) is 6.60. The summed E-state index contributed by atoms with van der Waals surface area (Å²) in [6, 6.07) is 13.7. The Hall–Kier alpha value is -2.44. The summed E-state index contributed by atoms with van der Waals surface area (Å²) in [4.78, 5) is 13.2. The summed E-state index contributed by atoms with van der Waals surface area (Å²) in [5, 5.41) is 0. The van der Waals surface area contributed by atoms with Gasteiger partial charge in [-0.3, -0.25) is 9.52 Å². The van der Waals surface area contributed by atoms with Gasteiger partial charge < -0.3 is 4.57 Å². The predicted octanol–water partition coefficient (Wildman–Crippen LogP) is 5.70. The quantitative estimate of drug-likeness (QED) is 0.454. The third kappa shape index (κ3) is 5.08. The van der Waals surface area contributed by atoms with Gasteiger partial charge in [0.25, 0.3) is 5.56 Å². The highest BCUT2D eigenvalue weighted by molar-refractivity contribution is 7.96. The SMILES string of the molecule is CCn1ccc(C)c(C(Cc2cccc(-c3cccc(F)c3F)c2)C(C)NSC)c1=O. The van der Waals surface area contributed by atoms with E-state index in [9.17, 15) is 13.6 Å². The fourth-order valence-corrected chi connectivity index (χ4v) is 4.56. The minimum absolute atomic E-state index is 0.0228. The Bertz CT molecular complexity index is 1110. The lowest BCUT2D eigenvalue weighted by molar-refractivity contribution is 0.511. The van der Waals surface area contributed by atoms with Gasteiger partial charge in [-0.15, -0.1) is 0 Å². The molecule has 31 heavy (non-hydrogen) atoms. The number of nitrogens with zero attached hydrogens (tertiary/aromatic N) is 1. The van der Waals surface area contributed by atoms with Crippen molar-refractivity contribution < 1.29 is 8.78 Å². The van der Waals surface area contributed by atoms with Gasteiger partial charge in [0.1, 0.15) is 0 Å². The monoisotopic (exact) mass is 442 g/mol. The number of hydrogen-bond donors (Lipinski definition) is 1. The lowest BCUT2D eigenvalue weighted by atomic mass is 9.85. The van der Waals surface area contributed by atoms with Crippen molar-refractivity contribution in [2.45, 2.75) is 45.7 Å². The third-order valence-electron chi connectivity index (χ3n) is 5.68. The molecule has 2 aromatic carbocycles. The Labute approximate surface area is 186 Å². The van der Waals surface area contributed by atoms with Gasteiger partial charge in [0.2, 0.25) is 0 Å². The fourth-order valence-electron chi connectivity index (χ4n) is 4.03. The zero-order chi connectivity index (χ0) is 22.5. The molecule has 1 heterocycles. The van der Waals surface area contributed by atoms with E-state index in [2.05, 4.69) is 11.6 Å². The molecule has 0 amide bonds. The number of nitrogens with one attached hydrogen (secondary N) is 1. The molecule has 2 atom stereocenters. The molecule has 3 nitrogen and oxygen atoms in total. The molecule has 3 rings (SSSR count). The molecule has 0 spiro atoms. The van der Waals surface area contributed by atoms with E-state index in [0.717, 1.165) is 22.8 Å². The molecule has 0 fully saturated rings. The van der Waals surface area contributed by atoms with Crippen LogP contribution in [0.4, 0.5) is 8.78 Å². The molecular formula is C25H28F2N2OS. The standard InChI is InChI=1S/C25H28F2N2OS/c1-5-29-13-12-16(2)23(25(29)30)21(17(3)28-31-4)15-18-8-6-9-19(14-18)20-10-7-11-22(26)24(20)27/h6-14,17,21,28H,5,15H2,1-4H3. The molecule has 1 N–H and O–H groups in total. The van der Waals surface area contributed by atoms with Crippen molar-refractivity contribution in [3.63, 3.8) is 0 Å². The highest BCUT2D eigenvalue weighted by Gasteiger charge is 2.25. The van der Waals surface area contributed by atoms with Crippen molar-refractivity contribution >= 4 is 11.9 Å². The molecule has 2 unspecified atom stereocenters. The van der Waals surface area contributed by atoms with E-state index in [1.54, 1.807) is 16.7 Å². The van der Waals surface area contributed by atoms with Crippen LogP contribution in [0.25, 0.3) is 11.1 Å². The Balaban J connectivity index is 2.04. The fraction of sp³-hybridized carbons (Fsp3) is 0.320. The van der Waals surface area contributed by atoms with E-state index >= 15 is 0 Å². The summed E-state index contributed by atoms with van der Waals surface area (Å²) in [5.41, 5.74) is 3.59. The maximum absolute atomic E-state index is 14.3. The summed E-state index contributed by atoms with van der Waals surface area (Å²) in [7, 11) is 0. The van der Waals surface area contributed by atoms with Crippen LogP contribution in [-0.4, -0.2) is 16.9 Å². The van der Waals surface area contributed by atoms with Crippen molar-refractivity contribution in [2.75, 3.05) is 6.26 Å². The maximum Gasteiger partial charge on any atom is 0.254 e. The van der Waals surface area contributed by atoms with Gasteiger partial charge in [-0.1, -0.05) is 48.3 Å². The lowest BCUT2D eigenvalue weighted by Gasteiger charge is -2.26. The summed E-state index contributed by atoms with van der Waals surface area (Å²) in [5.74, 6) is -1.79. The molecule has 0 saturated carbocycles. The van der Waals surface area contributed by atoms with Gasteiger partial charge in [0.15, 0.2) is 11.6 Å². The van der Waals surface area contributed by atoms with Crippen LogP contribution >= 0.6 is 11.9 Å². The number of halogens is 2. The van der Waals surface area contributed by atoms with Crippen LogP contribution in [0.2, 0.25) is 0 Å². The molecular weight excluding hydrogens is 414 g/mol. The van der Waals surface area contributed by atoms with E-state index in [4.69, 9.17) is 0 Å². The van der Waals surface area contributed by atoms with Gasteiger partial charge in [-0.2, -0.15) is 0 Å². The van der Waals surface area contributed by atoms with Crippen molar-refractivity contribution in [1.82, 2.24) is 9.29 Å². The number of rotatable bonds is 8. The Morgan fingerprint density at radius 3 is 2.58 bits per heavy atom. The molecule has 6 heteroatoms. The first kappa shape index (κ1) is 23.2. The van der Waals surface area contributed by atoms with E-state index in [1.807, 2.05) is 50.6 Å². The average Bonchev–Trinajstić information content (AvgIpc) is 2.75. The molecule has 1 aromatic heterocycles. The van der Waals surface area contributed by atoms with Gasteiger partial charge in [0, 0.05) is 35.8 Å². The molecule has 3 aromatic rings. The Kier molecular flexibility index (Phi) is 7.68. The lowest BCUT2D eigenvalue weighted by Crippen LogP contribution is -2.35. The molecule has 0 aliphatic carbocycles. The first-order valence-corrected chi connectivity index (χ1v) is 11.6. The number of benzene rings is 2. The first-order valence-electron chi connectivity index (χ1n) is 10.4. The zero-order valence-corrected chi connectivity index (χ0v) is 19.1. The number of aryl methyl sites for hydroxylation is 2. The molecule has 0 radical (unpaired) electrons. The highest BCUT2D eigenvalue weighted by Crippen LogP contribution is 2.29. The summed E-state index contributed by atoms with van der Waals surface area (Å²) < 4.78 is 33.2. The van der Waals surface area contributed by atoms with Crippen LogP contribution in [0.3, 0.4) is 0 Å². The van der Waals surface area contributed by atoms with Crippen LogP contribution in [0.1, 0.15) is 36.5 Å². The third-order valence-corrected chi connectivity index (χ3v) is 6.29. The minimum atomic E-state index is -0.862. The van der Waals surface area contributed by atoms with Crippen molar-refractivity contribution in [3.8, 4) is 11.1 Å². The van der Waals surface area contributed by atoms with Crippen molar-refractivity contribution in [3.05, 3.63) is 93.4 Å².